The van der Waals surface area contributed by atoms with E-state index in [0.717, 1.165) is 19.3 Å². The Morgan fingerprint density at radius 1 is 0.913 bits per heavy atom. The molecule has 1 nitrogen and oxygen atoms in total. The molecule has 2 aromatic carbocycles. The van der Waals surface area contributed by atoms with Crippen LogP contribution in [0.3, 0.4) is 0 Å². The van der Waals surface area contributed by atoms with Gasteiger partial charge in [-0.3, -0.25) is 0 Å². The summed E-state index contributed by atoms with van der Waals surface area (Å²) >= 11 is 0.445. The summed E-state index contributed by atoms with van der Waals surface area (Å²) in [7, 11) is 0. The molecule has 0 fully saturated rings. The number of rotatable bonds is 5. The Bertz CT molecular complexity index is 612. The zero-order valence-electron chi connectivity index (χ0n) is 13.3. The van der Waals surface area contributed by atoms with Crippen molar-refractivity contribution in [2.75, 3.05) is 0 Å². The van der Waals surface area contributed by atoms with E-state index in [1.807, 2.05) is 0 Å². The van der Waals surface area contributed by atoms with Gasteiger partial charge in [0.2, 0.25) is 0 Å². The fourth-order valence-corrected chi connectivity index (χ4v) is 10.1. The third-order valence-electron chi connectivity index (χ3n) is 4.22. The van der Waals surface area contributed by atoms with Crippen molar-refractivity contribution in [3.8, 4) is 0 Å². The summed E-state index contributed by atoms with van der Waals surface area (Å²) in [5.41, 5.74) is -0.684. The minimum atomic E-state index is -0.684. The zero-order chi connectivity index (χ0) is 16.2. The van der Waals surface area contributed by atoms with Crippen molar-refractivity contribution in [1.29, 1.82) is 0 Å². The molecule has 0 spiro atoms. The van der Waals surface area contributed by atoms with Crippen LogP contribution in [0.4, 0.5) is 0 Å². The second-order valence-corrected chi connectivity index (χ2v) is 13.6. The Kier molecular flexibility index (Phi) is 5.46. The van der Waals surface area contributed by atoms with Crippen LogP contribution in [-0.4, -0.2) is 40.6 Å². The molecular weight excluding hydrogens is 414 g/mol. The minimum absolute atomic E-state index is 0.0906. The van der Waals surface area contributed by atoms with Crippen LogP contribution < -0.4 is 8.92 Å². The second kappa shape index (κ2) is 7.38. The topological polar surface area (TPSA) is 20.2 Å². The van der Waals surface area contributed by atoms with E-state index in [4.69, 9.17) is 0 Å². The van der Waals surface area contributed by atoms with E-state index >= 15 is 0 Å². The van der Waals surface area contributed by atoms with E-state index in [9.17, 15) is 5.11 Å². The Hall–Kier alpha value is -0.821. The predicted molar refractivity (Wildman–Crippen MR) is 100.0 cm³/mol. The third-order valence-corrected chi connectivity index (χ3v) is 11.3. The molecule has 1 aliphatic carbocycles. The van der Waals surface area contributed by atoms with Crippen LogP contribution in [0.25, 0.3) is 0 Å². The van der Waals surface area contributed by atoms with Crippen molar-refractivity contribution in [3.05, 3.63) is 72.8 Å². The quantitative estimate of drug-likeness (QED) is 0.565. The summed E-state index contributed by atoms with van der Waals surface area (Å²) < 4.78 is 2.65. The average molecular weight is 436 g/mol. The Balaban J connectivity index is 1.95. The van der Waals surface area contributed by atoms with Crippen LogP contribution in [-0.2, 0) is 0 Å². The van der Waals surface area contributed by atoms with Gasteiger partial charge in [0.1, 0.15) is 0 Å². The van der Waals surface area contributed by atoms with Gasteiger partial charge < -0.3 is 0 Å². The Morgan fingerprint density at radius 3 is 1.87 bits per heavy atom. The first-order chi connectivity index (χ1) is 11.1. The molecule has 0 bridgehead atoms. The van der Waals surface area contributed by atoms with Gasteiger partial charge in [-0.15, -0.1) is 0 Å². The zero-order valence-corrected chi connectivity index (χ0v) is 16.7. The molecule has 23 heavy (non-hydrogen) atoms. The maximum atomic E-state index is 11.5. The summed E-state index contributed by atoms with van der Waals surface area (Å²) in [6.45, 7) is 2.29. The second-order valence-electron chi connectivity index (χ2n) is 5.99. The van der Waals surface area contributed by atoms with Crippen LogP contribution in [0.1, 0.15) is 26.2 Å². The molecule has 0 saturated carbocycles. The first-order valence-electron chi connectivity index (χ1n) is 8.00. The first-order valence-corrected chi connectivity index (χ1v) is 11.4. The number of hydrogen-bond donors (Lipinski definition) is 1. The van der Waals surface area contributed by atoms with Gasteiger partial charge in [0.25, 0.3) is 0 Å². The molecule has 1 unspecified atom stereocenters. The van der Waals surface area contributed by atoms with E-state index in [1.54, 1.807) is 0 Å². The van der Waals surface area contributed by atoms with Gasteiger partial charge in [0.15, 0.2) is 0 Å². The molecule has 0 aliphatic heterocycles. The SMILES string of the molecule is CC([Se]c1ccccc1)([Se]c1ccccc1)C1(O)C=CCCC1. The van der Waals surface area contributed by atoms with Crippen molar-refractivity contribution in [2.24, 2.45) is 0 Å². The van der Waals surface area contributed by atoms with Gasteiger partial charge >= 0.3 is 152 Å². The fourth-order valence-electron chi connectivity index (χ4n) is 2.85. The molecule has 120 valence electrons. The fraction of sp³-hybridized carbons (Fsp3) is 0.300. The molecule has 0 saturated heterocycles. The van der Waals surface area contributed by atoms with Gasteiger partial charge in [0.05, 0.1) is 0 Å². The molecule has 0 aromatic heterocycles. The van der Waals surface area contributed by atoms with Gasteiger partial charge in [-0.2, -0.15) is 0 Å². The summed E-state index contributed by atoms with van der Waals surface area (Å²) in [4.78, 5) is 0. The van der Waals surface area contributed by atoms with Crippen molar-refractivity contribution >= 4 is 38.8 Å². The monoisotopic (exact) mass is 438 g/mol. The number of allylic oxidation sites excluding steroid dienone is 1. The van der Waals surface area contributed by atoms with E-state index < -0.39 is 5.60 Å². The van der Waals surface area contributed by atoms with Crippen LogP contribution in [0.15, 0.2) is 72.8 Å². The van der Waals surface area contributed by atoms with Crippen LogP contribution >= 0.6 is 0 Å². The van der Waals surface area contributed by atoms with Crippen molar-refractivity contribution in [1.82, 2.24) is 0 Å². The van der Waals surface area contributed by atoms with Gasteiger partial charge in [0, 0.05) is 0 Å². The molecule has 1 atom stereocenters. The van der Waals surface area contributed by atoms with Crippen LogP contribution in [0.5, 0.6) is 0 Å². The summed E-state index contributed by atoms with van der Waals surface area (Å²) in [5.74, 6) is 0. The van der Waals surface area contributed by atoms with E-state index in [-0.39, 0.29) is 33.1 Å². The van der Waals surface area contributed by atoms with E-state index in [2.05, 4.69) is 79.7 Å². The standard InChI is InChI=1S/C20H22OSe2/c1-19(20(21)15-9-4-10-16-20,22-17-11-5-2-6-12-17)23-18-13-7-3-8-14-18/h2-3,5-9,11-15,21H,4,10,16H2,1H3. The number of hydrogen-bond acceptors (Lipinski definition) is 1. The molecule has 3 rings (SSSR count). The molecule has 0 heterocycles. The average Bonchev–Trinajstić information content (AvgIpc) is 2.57. The Morgan fingerprint density at radius 2 is 1.43 bits per heavy atom. The molecular formula is C20H22OSe2. The van der Waals surface area contributed by atoms with Crippen molar-refractivity contribution in [2.45, 2.75) is 35.0 Å². The van der Waals surface area contributed by atoms with Crippen LogP contribution in [0, 0.1) is 0 Å². The molecule has 0 radical (unpaired) electrons. The maximum absolute atomic E-state index is 11.5. The van der Waals surface area contributed by atoms with Gasteiger partial charge in [-0.25, -0.2) is 0 Å². The molecule has 1 N–H and O–H groups in total. The molecule has 0 amide bonds. The van der Waals surface area contributed by atoms with Gasteiger partial charge in [-0.05, 0) is 0 Å². The molecule has 2 aromatic rings. The number of aliphatic hydroxyl groups is 1. The predicted octanol–water partition coefficient (Wildman–Crippen LogP) is 2.65. The number of benzene rings is 2. The summed E-state index contributed by atoms with van der Waals surface area (Å²) in [5, 5.41) is 11.5. The van der Waals surface area contributed by atoms with E-state index in [1.165, 1.54) is 8.92 Å². The summed E-state index contributed by atoms with van der Waals surface area (Å²) in [6, 6.07) is 21.4. The van der Waals surface area contributed by atoms with Gasteiger partial charge in [-0.1, -0.05) is 0 Å². The van der Waals surface area contributed by atoms with E-state index in [0.29, 0.717) is 0 Å². The third kappa shape index (κ3) is 3.99. The summed E-state index contributed by atoms with van der Waals surface area (Å²) in [6.07, 6.45) is 7.31. The normalized spacial score (nSPS) is 21.3. The van der Waals surface area contributed by atoms with Crippen molar-refractivity contribution in [3.63, 3.8) is 0 Å². The van der Waals surface area contributed by atoms with Crippen LogP contribution in [0.2, 0.25) is 3.21 Å². The molecule has 3 heteroatoms. The Labute approximate surface area is 151 Å². The van der Waals surface area contributed by atoms with Crippen molar-refractivity contribution < 1.29 is 5.11 Å². The molecule has 1 aliphatic rings. The first kappa shape index (κ1) is 17.0.